The topological polar surface area (TPSA) is 35.5 Å². The van der Waals surface area contributed by atoms with E-state index in [1.54, 1.807) is 6.07 Å². The molecular formula is C27H32F6LiO3P. The standard InChI is InChI=1S/C27H32F6O3P.Li/c1-3-5-7-9-16-35-19-14-15-23(22(18-19)36-17-10-8-6-4-2)37-25(34)24-20(26(28,29)30)12-11-13-21(24)27(31,32)33;/h11-15,18H,3-10,16-17H2,1-2H3;/q-1;+1. The van der Waals surface area contributed by atoms with Crippen LogP contribution in [-0.2, 0) is 12.4 Å². The molecule has 2 rings (SSSR count). The summed E-state index contributed by atoms with van der Waals surface area (Å²) in [5, 5.41) is 0.170. The average molecular weight is 556 g/mol. The second-order valence-electron chi connectivity index (χ2n) is 8.59. The van der Waals surface area contributed by atoms with E-state index in [0.29, 0.717) is 37.2 Å². The van der Waals surface area contributed by atoms with Crippen molar-refractivity contribution < 1.29 is 59.5 Å². The van der Waals surface area contributed by atoms with E-state index < -0.39 is 34.6 Å². The maximum atomic E-state index is 13.5. The molecule has 0 aliphatic carbocycles. The zero-order chi connectivity index (χ0) is 27.5. The third-order valence-electron chi connectivity index (χ3n) is 5.56. The molecule has 0 heterocycles. The van der Waals surface area contributed by atoms with Crippen LogP contribution in [0, 0.1) is 0 Å². The fourth-order valence-corrected chi connectivity index (χ4v) is 4.60. The number of hydrogen-bond acceptors (Lipinski definition) is 3. The van der Waals surface area contributed by atoms with Crippen molar-refractivity contribution in [3.05, 3.63) is 53.1 Å². The number of unbranched alkanes of at least 4 members (excludes halogenated alkanes) is 6. The smallest absolute Gasteiger partial charge is 0.496 e. The molecule has 38 heavy (non-hydrogen) atoms. The average Bonchev–Trinajstić information content (AvgIpc) is 2.83. The Bertz CT molecular complexity index is 979. The van der Waals surface area contributed by atoms with E-state index in [9.17, 15) is 31.1 Å². The van der Waals surface area contributed by atoms with Crippen LogP contribution in [0.5, 0.6) is 11.5 Å². The Kier molecular flexibility index (Phi) is 14.8. The molecule has 0 radical (unpaired) electrons. The largest absolute Gasteiger partial charge is 1.00 e. The molecule has 0 saturated carbocycles. The number of halogens is 6. The minimum Gasteiger partial charge on any atom is -0.496 e. The van der Waals surface area contributed by atoms with Gasteiger partial charge in [-0.05, 0) is 31.0 Å². The molecular weight excluding hydrogens is 524 g/mol. The number of hydrogen-bond donors (Lipinski definition) is 0. The van der Waals surface area contributed by atoms with E-state index in [1.165, 1.54) is 12.1 Å². The monoisotopic (exact) mass is 556 g/mol. The van der Waals surface area contributed by atoms with Gasteiger partial charge in [-0.1, -0.05) is 64.5 Å². The molecule has 206 valence electrons. The molecule has 0 bridgehead atoms. The minimum absolute atomic E-state index is 0. The molecule has 0 fully saturated rings. The first-order valence-electron chi connectivity index (χ1n) is 12.4. The Labute approximate surface area is 234 Å². The molecule has 2 aromatic rings. The summed E-state index contributed by atoms with van der Waals surface area (Å²) in [4.78, 5) is 13.0. The predicted octanol–water partition coefficient (Wildman–Crippen LogP) is 6.06. The Morgan fingerprint density at radius 2 is 1.29 bits per heavy atom. The first-order chi connectivity index (χ1) is 17.5. The van der Waals surface area contributed by atoms with Crippen molar-refractivity contribution in [3.63, 3.8) is 0 Å². The van der Waals surface area contributed by atoms with Crippen LogP contribution in [0.1, 0.15) is 86.7 Å². The molecule has 0 aliphatic heterocycles. The summed E-state index contributed by atoms with van der Waals surface area (Å²) in [5.74, 6) is 0.661. The number of carbonyl (C=O) groups is 1. The van der Waals surface area contributed by atoms with Gasteiger partial charge in [0.25, 0.3) is 0 Å². The van der Waals surface area contributed by atoms with Gasteiger partial charge in [-0.15, -0.1) is 0 Å². The first kappa shape index (κ1) is 34.3. The number of rotatable bonds is 15. The van der Waals surface area contributed by atoms with E-state index in [1.807, 2.05) is 0 Å². The quantitative estimate of drug-likeness (QED) is 0.116. The summed E-state index contributed by atoms with van der Waals surface area (Å²) in [6.07, 6.45) is -2.62. The third kappa shape index (κ3) is 10.8. The molecule has 0 aliphatic rings. The second-order valence-corrected chi connectivity index (χ2v) is 9.70. The number of benzene rings is 2. The van der Waals surface area contributed by atoms with Crippen LogP contribution in [0.25, 0.3) is 0 Å². The zero-order valence-electron chi connectivity index (χ0n) is 22.0. The Morgan fingerprint density at radius 1 is 0.763 bits per heavy atom. The summed E-state index contributed by atoms with van der Waals surface area (Å²) in [6.45, 7) is 4.90. The van der Waals surface area contributed by atoms with E-state index in [2.05, 4.69) is 13.8 Å². The Hall–Kier alpha value is -1.68. The van der Waals surface area contributed by atoms with Gasteiger partial charge in [-0.3, -0.25) is 0 Å². The molecule has 2 aromatic carbocycles. The molecule has 0 unspecified atom stereocenters. The SMILES string of the molecule is CCCCCCOc1ccc([P-]C(=O)c2c(C(F)(F)F)cccc2C(F)(F)F)c(OCCCCCC)c1.[Li+]. The van der Waals surface area contributed by atoms with E-state index in [0.717, 1.165) is 51.4 Å². The van der Waals surface area contributed by atoms with Gasteiger partial charge in [0.15, 0.2) is 0 Å². The van der Waals surface area contributed by atoms with Crippen molar-refractivity contribution in [3.8, 4) is 11.5 Å². The van der Waals surface area contributed by atoms with E-state index in [4.69, 9.17) is 9.47 Å². The van der Waals surface area contributed by atoms with Gasteiger partial charge in [-0.25, -0.2) is 0 Å². The van der Waals surface area contributed by atoms with Gasteiger partial charge in [0.1, 0.15) is 5.75 Å². The number of carbonyl (C=O) groups excluding carboxylic acids is 1. The van der Waals surface area contributed by atoms with Crippen molar-refractivity contribution in [2.75, 3.05) is 13.2 Å². The van der Waals surface area contributed by atoms with Crippen LogP contribution < -0.4 is 33.6 Å². The van der Waals surface area contributed by atoms with Crippen LogP contribution in [0.15, 0.2) is 36.4 Å². The molecule has 0 atom stereocenters. The van der Waals surface area contributed by atoms with Crippen molar-refractivity contribution in [1.82, 2.24) is 0 Å². The normalized spacial score (nSPS) is 12.0. The Morgan fingerprint density at radius 3 is 1.79 bits per heavy atom. The van der Waals surface area contributed by atoms with Crippen LogP contribution in [0.4, 0.5) is 26.3 Å². The van der Waals surface area contributed by atoms with Crippen LogP contribution in [-0.4, -0.2) is 18.7 Å². The fourth-order valence-electron chi connectivity index (χ4n) is 3.64. The predicted molar refractivity (Wildman–Crippen MR) is 133 cm³/mol. The zero-order valence-corrected chi connectivity index (χ0v) is 22.9. The van der Waals surface area contributed by atoms with Crippen LogP contribution in [0.3, 0.4) is 0 Å². The first-order valence-corrected chi connectivity index (χ1v) is 13.3. The summed E-state index contributed by atoms with van der Waals surface area (Å²) in [7, 11) is -0.363. The molecule has 0 amide bonds. The van der Waals surface area contributed by atoms with Gasteiger partial charge in [0, 0.05) is 17.2 Å². The van der Waals surface area contributed by atoms with Gasteiger partial charge in [0.2, 0.25) is 0 Å². The Balaban J connectivity index is 0.00000722. The maximum Gasteiger partial charge on any atom is 1.00 e. The van der Waals surface area contributed by atoms with Crippen molar-refractivity contribution in [1.29, 1.82) is 0 Å². The molecule has 0 N–H and O–H groups in total. The van der Waals surface area contributed by atoms with Crippen molar-refractivity contribution in [2.24, 2.45) is 0 Å². The minimum atomic E-state index is -5.13. The van der Waals surface area contributed by atoms with Crippen LogP contribution >= 0.6 is 8.58 Å². The van der Waals surface area contributed by atoms with Crippen molar-refractivity contribution >= 4 is 19.4 Å². The third-order valence-corrected chi connectivity index (χ3v) is 6.60. The molecule has 0 aromatic heterocycles. The molecule has 3 nitrogen and oxygen atoms in total. The molecule has 0 saturated heterocycles. The number of alkyl halides is 6. The van der Waals surface area contributed by atoms with Crippen molar-refractivity contribution in [2.45, 2.75) is 77.6 Å². The van der Waals surface area contributed by atoms with Gasteiger partial charge in [0.05, 0.1) is 30.1 Å². The summed E-state index contributed by atoms with van der Waals surface area (Å²) < 4.78 is 92.9. The fraction of sp³-hybridized carbons (Fsp3) is 0.519. The summed E-state index contributed by atoms with van der Waals surface area (Å²) in [6, 6.07) is 6.15. The van der Waals surface area contributed by atoms with E-state index >= 15 is 0 Å². The molecule has 0 spiro atoms. The van der Waals surface area contributed by atoms with Gasteiger partial charge >= 0.3 is 31.2 Å². The second kappa shape index (κ2) is 16.4. The van der Waals surface area contributed by atoms with Gasteiger partial charge < -0.3 is 22.8 Å². The van der Waals surface area contributed by atoms with Gasteiger partial charge in [-0.2, -0.15) is 31.6 Å². The number of ether oxygens (including phenoxy) is 2. The molecule has 11 heteroatoms. The maximum absolute atomic E-state index is 13.5. The van der Waals surface area contributed by atoms with Crippen LogP contribution in [0.2, 0.25) is 0 Å². The van der Waals surface area contributed by atoms with E-state index in [-0.39, 0.29) is 38.5 Å². The summed E-state index contributed by atoms with van der Waals surface area (Å²) in [5.41, 5.74) is -5.94. The summed E-state index contributed by atoms with van der Waals surface area (Å²) >= 11 is 0.